The summed E-state index contributed by atoms with van der Waals surface area (Å²) in [7, 11) is 0. The lowest BCUT2D eigenvalue weighted by atomic mass is 10.1. The molecule has 23 heavy (non-hydrogen) atoms. The summed E-state index contributed by atoms with van der Waals surface area (Å²) in [5.41, 5.74) is 4.54. The predicted molar refractivity (Wildman–Crippen MR) is 89.4 cm³/mol. The maximum Gasteiger partial charge on any atom is 0.255 e. The summed E-state index contributed by atoms with van der Waals surface area (Å²) in [6.45, 7) is 4.72. The average molecular weight is 306 g/mol. The number of benzene rings is 1. The first-order chi connectivity index (χ1) is 11.1. The molecule has 0 aliphatic carbocycles. The molecule has 3 rings (SSSR count). The number of hydrogen-bond donors (Lipinski definition) is 1. The Morgan fingerprint density at radius 3 is 2.57 bits per heavy atom. The van der Waals surface area contributed by atoms with Crippen LogP contribution in [0.4, 0.5) is 5.69 Å². The Balaban J connectivity index is 1.69. The summed E-state index contributed by atoms with van der Waals surface area (Å²) < 4.78 is 1.96. The Labute approximate surface area is 135 Å². The van der Waals surface area contributed by atoms with Gasteiger partial charge in [-0.1, -0.05) is 12.1 Å². The van der Waals surface area contributed by atoms with Crippen molar-refractivity contribution < 1.29 is 4.79 Å². The van der Waals surface area contributed by atoms with E-state index in [2.05, 4.69) is 21.5 Å². The lowest BCUT2D eigenvalue weighted by Gasteiger charge is -2.07. The molecule has 0 unspecified atom stereocenters. The van der Waals surface area contributed by atoms with Gasteiger partial charge in [-0.2, -0.15) is 5.10 Å². The number of anilines is 1. The van der Waals surface area contributed by atoms with Crippen molar-refractivity contribution in [3.8, 4) is 0 Å². The Hall–Kier alpha value is -2.95. The quantitative estimate of drug-likeness (QED) is 0.805. The number of nitrogens with zero attached hydrogens (tertiary/aromatic N) is 3. The molecule has 3 aromatic rings. The number of amides is 1. The standard InChI is InChI=1S/C18H18N4O/c1-13-10-14(2)22(21-13)12-15-5-7-16(8-6-15)18(23)20-17-4-3-9-19-11-17/h3-11H,12H2,1-2H3,(H,20,23). The van der Waals surface area contributed by atoms with Crippen LogP contribution in [-0.2, 0) is 6.54 Å². The van der Waals surface area contributed by atoms with E-state index in [0.717, 1.165) is 17.0 Å². The molecule has 0 aliphatic heterocycles. The number of hydrogen-bond acceptors (Lipinski definition) is 3. The topological polar surface area (TPSA) is 59.8 Å². The molecule has 0 spiro atoms. The van der Waals surface area contributed by atoms with Gasteiger partial charge in [0.1, 0.15) is 0 Å². The third kappa shape index (κ3) is 3.63. The number of nitrogens with one attached hydrogen (secondary N) is 1. The lowest BCUT2D eigenvalue weighted by Crippen LogP contribution is -2.12. The van der Waals surface area contributed by atoms with Crippen molar-refractivity contribution >= 4 is 11.6 Å². The maximum absolute atomic E-state index is 12.2. The van der Waals surface area contributed by atoms with E-state index in [1.54, 1.807) is 18.5 Å². The third-order valence-corrected chi connectivity index (χ3v) is 3.57. The van der Waals surface area contributed by atoms with Gasteiger partial charge in [-0.05, 0) is 49.7 Å². The minimum atomic E-state index is -0.143. The van der Waals surface area contributed by atoms with Crippen LogP contribution in [0.2, 0.25) is 0 Å². The smallest absolute Gasteiger partial charge is 0.255 e. The van der Waals surface area contributed by atoms with Crippen LogP contribution in [0.5, 0.6) is 0 Å². The second-order valence-corrected chi connectivity index (χ2v) is 5.48. The average Bonchev–Trinajstić information content (AvgIpc) is 2.86. The first-order valence-electron chi connectivity index (χ1n) is 7.43. The highest BCUT2D eigenvalue weighted by molar-refractivity contribution is 6.04. The molecule has 2 aromatic heterocycles. The monoisotopic (exact) mass is 306 g/mol. The molecule has 0 fully saturated rings. The molecular weight excluding hydrogens is 288 g/mol. The van der Waals surface area contributed by atoms with E-state index in [4.69, 9.17) is 0 Å². The minimum absolute atomic E-state index is 0.143. The summed E-state index contributed by atoms with van der Waals surface area (Å²) in [6, 6.07) is 13.2. The van der Waals surface area contributed by atoms with Crippen molar-refractivity contribution in [2.45, 2.75) is 20.4 Å². The van der Waals surface area contributed by atoms with Crippen LogP contribution in [0.25, 0.3) is 0 Å². The maximum atomic E-state index is 12.2. The first kappa shape index (κ1) is 15.0. The number of carbonyl (C=O) groups is 1. The van der Waals surface area contributed by atoms with Gasteiger partial charge in [-0.25, -0.2) is 0 Å². The van der Waals surface area contributed by atoms with Gasteiger partial charge in [0.15, 0.2) is 0 Å². The van der Waals surface area contributed by atoms with Gasteiger partial charge >= 0.3 is 0 Å². The summed E-state index contributed by atoms with van der Waals surface area (Å²) in [5, 5.41) is 7.27. The second kappa shape index (κ2) is 6.44. The van der Waals surface area contributed by atoms with E-state index < -0.39 is 0 Å². The van der Waals surface area contributed by atoms with Gasteiger partial charge in [-0.3, -0.25) is 14.5 Å². The van der Waals surface area contributed by atoms with Crippen LogP contribution in [0.15, 0.2) is 54.9 Å². The normalized spacial score (nSPS) is 10.5. The molecule has 0 saturated heterocycles. The molecular formula is C18H18N4O. The molecule has 0 radical (unpaired) electrons. The van der Waals surface area contributed by atoms with Gasteiger partial charge in [0, 0.05) is 17.5 Å². The van der Waals surface area contributed by atoms with E-state index in [9.17, 15) is 4.79 Å². The second-order valence-electron chi connectivity index (χ2n) is 5.48. The van der Waals surface area contributed by atoms with Crippen molar-refractivity contribution in [1.82, 2.24) is 14.8 Å². The molecule has 1 N–H and O–H groups in total. The highest BCUT2D eigenvalue weighted by Crippen LogP contribution is 2.11. The highest BCUT2D eigenvalue weighted by Gasteiger charge is 2.07. The number of pyridine rings is 1. The van der Waals surface area contributed by atoms with Gasteiger partial charge in [0.2, 0.25) is 0 Å². The Bertz CT molecular complexity index is 807. The van der Waals surface area contributed by atoms with Gasteiger partial charge in [-0.15, -0.1) is 0 Å². The number of aromatic nitrogens is 3. The Morgan fingerprint density at radius 1 is 1.17 bits per heavy atom. The first-order valence-corrected chi connectivity index (χ1v) is 7.43. The van der Waals surface area contributed by atoms with Crippen molar-refractivity contribution in [3.63, 3.8) is 0 Å². The van der Waals surface area contributed by atoms with Crippen molar-refractivity contribution in [1.29, 1.82) is 0 Å². The van der Waals surface area contributed by atoms with Gasteiger partial charge in [0.05, 0.1) is 24.1 Å². The van der Waals surface area contributed by atoms with Crippen LogP contribution >= 0.6 is 0 Å². The van der Waals surface area contributed by atoms with Crippen molar-refractivity contribution in [3.05, 3.63) is 77.4 Å². The summed E-state index contributed by atoms with van der Waals surface area (Å²) in [4.78, 5) is 16.2. The fourth-order valence-corrected chi connectivity index (χ4v) is 2.41. The van der Waals surface area contributed by atoms with Gasteiger partial charge in [0.25, 0.3) is 5.91 Å². The zero-order chi connectivity index (χ0) is 16.2. The van der Waals surface area contributed by atoms with Crippen LogP contribution in [0, 0.1) is 13.8 Å². The highest BCUT2D eigenvalue weighted by atomic mass is 16.1. The summed E-state index contributed by atoms with van der Waals surface area (Å²) in [6.07, 6.45) is 3.29. The van der Waals surface area contributed by atoms with Crippen LogP contribution < -0.4 is 5.32 Å². The van der Waals surface area contributed by atoms with Crippen LogP contribution in [0.1, 0.15) is 27.3 Å². The number of carbonyl (C=O) groups excluding carboxylic acids is 1. The molecule has 0 bridgehead atoms. The molecule has 5 nitrogen and oxygen atoms in total. The van der Waals surface area contributed by atoms with E-state index in [1.165, 1.54) is 0 Å². The van der Waals surface area contributed by atoms with Crippen molar-refractivity contribution in [2.24, 2.45) is 0 Å². The largest absolute Gasteiger partial charge is 0.321 e. The van der Waals surface area contributed by atoms with Crippen LogP contribution in [0.3, 0.4) is 0 Å². The van der Waals surface area contributed by atoms with Crippen molar-refractivity contribution in [2.75, 3.05) is 5.32 Å². The lowest BCUT2D eigenvalue weighted by molar-refractivity contribution is 0.102. The number of aryl methyl sites for hydroxylation is 2. The van der Waals surface area contributed by atoms with Gasteiger partial charge < -0.3 is 5.32 Å². The molecule has 0 aliphatic rings. The molecule has 2 heterocycles. The zero-order valence-electron chi connectivity index (χ0n) is 13.2. The fourth-order valence-electron chi connectivity index (χ4n) is 2.41. The zero-order valence-corrected chi connectivity index (χ0v) is 13.2. The van der Waals surface area contributed by atoms with Crippen LogP contribution in [-0.4, -0.2) is 20.7 Å². The minimum Gasteiger partial charge on any atom is -0.321 e. The molecule has 0 saturated carbocycles. The number of rotatable bonds is 4. The summed E-state index contributed by atoms with van der Waals surface area (Å²) >= 11 is 0. The molecule has 5 heteroatoms. The Morgan fingerprint density at radius 2 is 1.96 bits per heavy atom. The molecule has 0 atom stereocenters. The molecule has 116 valence electrons. The SMILES string of the molecule is Cc1cc(C)n(Cc2ccc(C(=O)Nc3cccnc3)cc2)n1. The predicted octanol–water partition coefficient (Wildman–Crippen LogP) is 3.20. The molecule has 1 amide bonds. The summed E-state index contributed by atoms with van der Waals surface area (Å²) in [5.74, 6) is -0.143. The third-order valence-electron chi connectivity index (χ3n) is 3.57. The fraction of sp³-hybridized carbons (Fsp3) is 0.167. The van der Waals surface area contributed by atoms with E-state index in [-0.39, 0.29) is 5.91 Å². The van der Waals surface area contributed by atoms with E-state index >= 15 is 0 Å². The van der Waals surface area contributed by atoms with E-state index in [0.29, 0.717) is 17.8 Å². The Kier molecular flexibility index (Phi) is 4.19. The molecule has 1 aromatic carbocycles. The van der Waals surface area contributed by atoms with E-state index in [1.807, 2.05) is 48.9 Å².